The van der Waals surface area contributed by atoms with Crippen molar-refractivity contribution in [3.8, 4) is 0 Å². The standard InChI is InChI=1S/C22H20BrClN2O3S/c1-16-7-12-19(24)13-21(16)25-22(27)15-26(14-17-8-10-18(23)11-9-17)30(28,29)20-5-3-2-4-6-20/h2-13H,14-15H2,1H3,(H,25,27). The van der Waals surface area contributed by atoms with Gasteiger partial charge in [-0.05, 0) is 54.4 Å². The second kappa shape index (κ2) is 9.75. The number of amides is 1. The number of carbonyl (C=O) groups is 1. The third-order valence-electron chi connectivity index (χ3n) is 4.45. The Balaban J connectivity index is 1.87. The summed E-state index contributed by atoms with van der Waals surface area (Å²) in [6, 6.07) is 20.5. The molecule has 0 heterocycles. The van der Waals surface area contributed by atoms with Gasteiger partial charge in [-0.25, -0.2) is 8.42 Å². The van der Waals surface area contributed by atoms with Crippen molar-refractivity contribution in [2.75, 3.05) is 11.9 Å². The smallest absolute Gasteiger partial charge is 0.243 e. The lowest BCUT2D eigenvalue weighted by molar-refractivity contribution is -0.116. The molecule has 0 saturated carbocycles. The van der Waals surface area contributed by atoms with E-state index in [1.807, 2.05) is 31.2 Å². The van der Waals surface area contributed by atoms with Gasteiger partial charge in [-0.2, -0.15) is 4.31 Å². The second-order valence-corrected chi connectivity index (χ2v) is 10.0. The van der Waals surface area contributed by atoms with E-state index in [2.05, 4.69) is 21.2 Å². The molecule has 1 N–H and O–H groups in total. The molecule has 3 aromatic carbocycles. The highest BCUT2D eigenvalue weighted by atomic mass is 79.9. The summed E-state index contributed by atoms with van der Waals surface area (Å²) in [7, 11) is -3.88. The largest absolute Gasteiger partial charge is 0.325 e. The first-order valence-corrected chi connectivity index (χ1v) is 11.7. The summed E-state index contributed by atoms with van der Waals surface area (Å²) in [6.45, 7) is 1.57. The molecule has 0 radical (unpaired) electrons. The highest BCUT2D eigenvalue weighted by molar-refractivity contribution is 9.10. The van der Waals surface area contributed by atoms with Gasteiger partial charge < -0.3 is 5.32 Å². The van der Waals surface area contributed by atoms with E-state index in [0.717, 1.165) is 15.6 Å². The van der Waals surface area contributed by atoms with Crippen molar-refractivity contribution >= 4 is 49.1 Å². The first-order chi connectivity index (χ1) is 14.3. The van der Waals surface area contributed by atoms with Crippen LogP contribution in [-0.2, 0) is 21.4 Å². The number of hydrogen-bond acceptors (Lipinski definition) is 3. The summed E-state index contributed by atoms with van der Waals surface area (Å²) in [5.41, 5.74) is 2.15. The minimum atomic E-state index is -3.88. The summed E-state index contributed by atoms with van der Waals surface area (Å²) in [6.07, 6.45) is 0. The van der Waals surface area contributed by atoms with E-state index in [4.69, 9.17) is 11.6 Å². The van der Waals surface area contributed by atoms with Crippen molar-refractivity contribution in [2.24, 2.45) is 0 Å². The zero-order valence-electron chi connectivity index (χ0n) is 16.2. The third-order valence-corrected chi connectivity index (χ3v) is 7.02. The minimum Gasteiger partial charge on any atom is -0.325 e. The monoisotopic (exact) mass is 506 g/mol. The molecule has 156 valence electrons. The Morgan fingerprint density at radius 3 is 2.37 bits per heavy atom. The fourth-order valence-electron chi connectivity index (χ4n) is 2.84. The van der Waals surface area contributed by atoms with E-state index < -0.39 is 15.9 Å². The van der Waals surface area contributed by atoms with Gasteiger partial charge in [0.05, 0.1) is 11.4 Å². The third kappa shape index (κ3) is 5.70. The van der Waals surface area contributed by atoms with Crippen LogP contribution >= 0.6 is 27.5 Å². The Morgan fingerprint density at radius 1 is 1.03 bits per heavy atom. The molecular formula is C22H20BrClN2O3S. The van der Waals surface area contributed by atoms with Crippen molar-refractivity contribution < 1.29 is 13.2 Å². The van der Waals surface area contributed by atoms with Gasteiger partial charge in [0.25, 0.3) is 0 Å². The number of rotatable bonds is 7. The van der Waals surface area contributed by atoms with Crippen LogP contribution in [0.2, 0.25) is 5.02 Å². The maximum Gasteiger partial charge on any atom is 0.243 e. The molecule has 0 spiro atoms. The number of nitrogens with zero attached hydrogens (tertiary/aromatic N) is 1. The molecule has 0 aliphatic rings. The Kier molecular flexibility index (Phi) is 7.31. The Morgan fingerprint density at radius 2 is 1.70 bits per heavy atom. The molecule has 0 aliphatic heterocycles. The molecule has 0 saturated heterocycles. The number of aryl methyl sites for hydroxylation is 1. The lowest BCUT2D eigenvalue weighted by Gasteiger charge is -2.22. The van der Waals surface area contributed by atoms with Gasteiger partial charge in [0.2, 0.25) is 15.9 Å². The quantitative estimate of drug-likeness (QED) is 0.475. The summed E-state index contributed by atoms with van der Waals surface area (Å²) in [5.74, 6) is -0.447. The number of sulfonamides is 1. The van der Waals surface area contributed by atoms with E-state index in [1.165, 1.54) is 16.4 Å². The van der Waals surface area contributed by atoms with Gasteiger partial charge in [0, 0.05) is 21.7 Å². The van der Waals surface area contributed by atoms with Gasteiger partial charge in [-0.1, -0.05) is 63.9 Å². The average Bonchev–Trinajstić information content (AvgIpc) is 2.72. The molecule has 1 amide bonds. The van der Waals surface area contributed by atoms with Crippen LogP contribution in [0.15, 0.2) is 82.2 Å². The van der Waals surface area contributed by atoms with Gasteiger partial charge in [0.15, 0.2) is 0 Å². The second-order valence-electron chi connectivity index (χ2n) is 6.72. The topological polar surface area (TPSA) is 66.5 Å². The summed E-state index contributed by atoms with van der Waals surface area (Å²) < 4.78 is 28.5. The van der Waals surface area contributed by atoms with Gasteiger partial charge in [-0.3, -0.25) is 4.79 Å². The van der Waals surface area contributed by atoms with Gasteiger partial charge in [0.1, 0.15) is 0 Å². The van der Waals surface area contributed by atoms with Crippen LogP contribution in [0.1, 0.15) is 11.1 Å². The molecule has 0 fully saturated rings. The maximum atomic E-state index is 13.2. The lowest BCUT2D eigenvalue weighted by atomic mass is 10.2. The maximum absolute atomic E-state index is 13.2. The Hall–Kier alpha value is -2.19. The highest BCUT2D eigenvalue weighted by Crippen LogP contribution is 2.22. The summed E-state index contributed by atoms with van der Waals surface area (Å²) in [4.78, 5) is 12.9. The number of halogens is 2. The fourth-order valence-corrected chi connectivity index (χ4v) is 4.68. The summed E-state index contributed by atoms with van der Waals surface area (Å²) in [5, 5.41) is 3.25. The molecule has 0 aliphatic carbocycles. The van der Waals surface area contributed by atoms with Gasteiger partial charge in [-0.15, -0.1) is 0 Å². The Bertz CT molecular complexity index is 1140. The number of hydrogen-bond donors (Lipinski definition) is 1. The predicted octanol–water partition coefficient (Wildman–Crippen LogP) is 5.24. The van der Waals surface area contributed by atoms with Crippen LogP contribution in [0.3, 0.4) is 0 Å². The number of anilines is 1. The molecule has 30 heavy (non-hydrogen) atoms. The molecule has 3 rings (SSSR count). The normalized spacial score (nSPS) is 11.5. The van der Waals surface area contributed by atoms with Crippen molar-refractivity contribution in [1.29, 1.82) is 0 Å². The van der Waals surface area contributed by atoms with E-state index in [0.29, 0.717) is 10.7 Å². The van der Waals surface area contributed by atoms with E-state index in [1.54, 1.807) is 36.4 Å². The van der Waals surface area contributed by atoms with Crippen LogP contribution in [0.5, 0.6) is 0 Å². The molecule has 0 aromatic heterocycles. The molecule has 0 bridgehead atoms. The van der Waals surface area contributed by atoms with Crippen LogP contribution in [0.4, 0.5) is 5.69 Å². The zero-order chi connectivity index (χ0) is 21.7. The predicted molar refractivity (Wildman–Crippen MR) is 123 cm³/mol. The first-order valence-electron chi connectivity index (χ1n) is 9.11. The van der Waals surface area contributed by atoms with Crippen LogP contribution < -0.4 is 5.32 Å². The molecule has 3 aromatic rings. The first kappa shape index (κ1) is 22.5. The molecular weight excluding hydrogens is 488 g/mol. The number of nitrogens with one attached hydrogen (secondary N) is 1. The summed E-state index contributed by atoms with van der Waals surface area (Å²) >= 11 is 9.39. The fraction of sp³-hybridized carbons (Fsp3) is 0.136. The molecule has 0 unspecified atom stereocenters. The Labute approximate surface area is 189 Å². The van der Waals surface area contributed by atoms with Crippen molar-refractivity contribution in [2.45, 2.75) is 18.4 Å². The van der Waals surface area contributed by atoms with Crippen molar-refractivity contribution in [3.05, 3.63) is 93.4 Å². The van der Waals surface area contributed by atoms with Gasteiger partial charge >= 0.3 is 0 Å². The van der Waals surface area contributed by atoms with E-state index in [-0.39, 0.29) is 18.0 Å². The van der Waals surface area contributed by atoms with Crippen molar-refractivity contribution in [3.63, 3.8) is 0 Å². The van der Waals surface area contributed by atoms with Crippen LogP contribution in [0.25, 0.3) is 0 Å². The van der Waals surface area contributed by atoms with Crippen molar-refractivity contribution in [1.82, 2.24) is 4.31 Å². The molecule has 8 heteroatoms. The number of benzene rings is 3. The average molecular weight is 508 g/mol. The number of carbonyl (C=O) groups excluding carboxylic acids is 1. The molecule has 0 atom stereocenters. The lowest BCUT2D eigenvalue weighted by Crippen LogP contribution is -2.37. The SMILES string of the molecule is Cc1ccc(Cl)cc1NC(=O)CN(Cc1ccc(Br)cc1)S(=O)(=O)c1ccccc1. The van der Waals surface area contributed by atoms with E-state index >= 15 is 0 Å². The van der Waals surface area contributed by atoms with Crippen LogP contribution in [0, 0.1) is 6.92 Å². The van der Waals surface area contributed by atoms with Crippen LogP contribution in [-0.4, -0.2) is 25.2 Å². The minimum absolute atomic E-state index is 0.0620. The van der Waals surface area contributed by atoms with E-state index in [9.17, 15) is 13.2 Å². The zero-order valence-corrected chi connectivity index (χ0v) is 19.3. The molecule has 5 nitrogen and oxygen atoms in total. The highest BCUT2D eigenvalue weighted by Gasteiger charge is 2.27.